The molecule has 0 saturated carbocycles. The summed E-state index contributed by atoms with van der Waals surface area (Å²) in [5.74, 6) is 0.0916. The van der Waals surface area contributed by atoms with Gasteiger partial charge in [0.15, 0.2) is 0 Å². The van der Waals surface area contributed by atoms with Crippen LogP contribution in [0.25, 0.3) is 5.57 Å². The second kappa shape index (κ2) is 5.08. The van der Waals surface area contributed by atoms with Crippen LogP contribution in [-0.4, -0.2) is 5.97 Å². The lowest BCUT2D eigenvalue weighted by molar-refractivity contribution is -0.154. The molecule has 1 heterocycles. The van der Waals surface area contributed by atoms with Gasteiger partial charge in [-0.25, -0.2) is 0 Å². The van der Waals surface area contributed by atoms with Crippen LogP contribution in [0.2, 0.25) is 0 Å². The van der Waals surface area contributed by atoms with Gasteiger partial charge in [0.05, 0.1) is 5.41 Å². The van der Waals surface area contributed by atoms with E-state index in [0.29, 0.717) is 12.6 Å². The molecular formula is C16H20O3. The fourth-order valence-corrected chi connectivity index (χ4v) is 1.94. The Labute approximate surface area is 114 Å². The minimum absolute atomic E-state index is 0.271. The van der Waals surface area contributed by atoms with E-state index in [1.54, 1.807) is 0 Å². The molecule has 1 aromatic rings. The molecule has 0 spiro atoms. The van der Waals surface area contributed by atoms with Crippen LogP contribution in [0.5, 0.6) is 0 Å². The summed E-state index contributed by atoms with van der Waals surface area (Å²) in [7, 11) is 0. The molecule has 0 saturated heterocycles. The molecule has 19 heavy (non-hydrogen) atoms. The Kier molecular flexibility index (Phi) is 3.65. The zero-order valence-electron chi connectivity index (χ0n) is 11.9. The normalized spacial score (nSPS) is 14.7. The molecule has 0 aliphatic carbocycles. The third-order valence-corrected chi connectivity index (χ3v) is 3.10. The molecule has 102 valence electrons. The van der Waals surface area contributed by atoms with Crippen molar-refractivity contribution in [3.63, 3.8) is 0 Å². The molecule has 0 unspecified atom stereocenters. The van der Waals surface area contributed by atoms with E-state index in [-0.39, 0.29) is 5.97 Å². The molecule has 3 nitrogen and oxygen atoms in total. The van der Waals surface area contributed by atoms with Crippen molar-refractivity contribution >= 4 is 11.5 Å². The number of ether oxygens (including phenoxy) is 2. The van der Waals surface area contributed by atoms with Gasteiger partial charge >= 0.3 is 5.97 Å². The molecule has 0 aromatic heterocycles. The number of esters is 1. The van der Waals surface area contributed by atoms with Gasteiger partial charge in [-0.05, 0) is 38.3 Å². The molecule has 3 heteroatoms. The second-order valence-electron chi connectivity index (χ2n) is 5.70. The van der Waals surface area contributed by atoms with Crippen LogP contribution in [0.15, 0.2) is 30.2 Å². The molecule has 2 rings (SSSR count). The molecule has 1 aromatic carbocycles. The summed E-state index contributed by atoms with van der Waals surface area (Å²) in [6, 6.07) is 8.06. The monoisotopic (exact) mass is 260 g/mol. The molecule has 0 atom stereocenters. The van der Waals surface area contributed by atoms with Crippen LogP contribution in [-0.2, 0) is 20.9 Å². The number of hydrogen-bond donors (Lipinski definition) is 0. The van der Waals surface area contributed by atoms with E-state index in [1.165, 1.54) is 0 Å². The van der Waals surface area contributed by atoms with E-state index in [0.717, 1.165) is 23.1 Å². The van der Waals surface area contributed by atoms with Gasteiger partial charge in [-0.15, -0.1) is 0 Å². The van der Waals surface area contributed by atoms with E-state index in [2.05, 4.69) is 0 Å². The average Bonchev–Trinajstić information content (AvgIpc) is 2.37. The first-order valence-electron chi connectivity index (χ1n) is 6.60. The Balaban J connectivity index is 2.34. The molecular weight excluding hydrogens is 240 g/mol. The maximum absolute atomic E-state index is 12.0. The van der Waals surface area contributed by atoms with Crippen LogP contribution < -0.4 is 0 Å². The molecule has 0 amide bonds. The number of fused-ring (bicyclic) bond motifs is 1. The van der Waals surface area contributed by atoms with Gasteiger partial charge in [0, 0.05) is 5.57 Å². The SMILES string of the molecule is CCC1=C(OC(=O)C(C)(C)C)OCc2ccccc21. The smallest absolute Gasteiger partial charge is 0.319 e. The minimum atomic E-state index is -0.536. The number of rotatable bonds is 2. The zero-order chi connectivity index (χ0) is 14.0. The summed E-state index contributed by atoms with van der Waals surface area (Å²) in [6.45, 7) is 7.98. The Morgan fingerprint density at radius 2 is 2.00 bits per heavy atom. The lowest BCUT2D eigenvalue weighted by Gasteiger charge is -2.24. The number of allylic oxidation sites excluding steroid dienone is 1. The van der Waals surface area contributed by atoms with E-state index in [4.69, 9.17) is 9.47 Å². The zero-order valence-corrected chi connectivity index (χ0v) is 11.9. The third kappa shape index (κ3) is 2.80. The van der Waals surface area contributed by atoms with Crippen molar-refractivity contribution in [1.82, 2.24) is 0 Å². The van der Waals surface area contributed by atoms with Crippen LogP contribution in [0.1, 0.15) is 45.2 Å². The summed E-state index contributed by atoms with van der Waals surface area (Å²) in [5.41, 5.74) is 2.67. The predicted octanol–water partition coefficient (Wildman–Crippen LogP) is 3.88. The Hall–Kier alpha value is -1.77. The highest BCUT2D eigenvalue weighted by molar-refractivity contribution is 5.79. The van der Waals surface area contributed by atoms with Crippen molar-refractivity contribution in [2.24, 2.45) is 5.41 Å². The fraction of sp³-hybridized carbons (Fsp3) is 0.438. The minimum Gasteiger partial charge on any atom is -0.460 e. The van der Waals surface area contributed by atoms with Crippen LogP contribution in [0, 0.1) is 5.41 Å². The van der Waals surface area contributed by atoms with Crippen LogP contribution in [0.4, 0.5) is 0 Å². The molecule has 0 bridgehead atoms. The Morgan fingerprint density at radius 1 is 1.32 bits per heavy atom. The van der Waals surface area contributed by atoms with Gasteiger partial charge in [-0.2, -0.15) is 0 Å². The maximum Gasteiger partial charge on any atom is 0.319 e. The number of carbonyl (C=O) groups is 1. The summed E-state index contributed by atoms with van der Waals surface area (Å²) < 4.78 is 11.0. The largest absolute Gasteiger partial charge is 0.460 e. The highest BCUT2D eigenvalue weighted by Gasteiger charge is 2.28. The first-order valence-corrected chi connectivity index (χ1v) is 6.60. The van der Waals surface area contributed by atoms with Gasteiger partial charge in [-0.3, -0.25) is 4.79 Å². The van der Waals surface area contributed by atoms with E-state index < -0.39 is 5.41 Å². The predicted molar refractivity (Wildman–Crippen MR) is 74.0 cm³/mol. The molecule has 1 aliphatic rings. The highest BCUT2D eigenvalue weighted by Crippen LogP contribution is 2.33. The van der Waals surface area contributed by atoms with E-state index in [9.17, 15) is 4.79 Å². The van der Waals surface area contributed by atoms with Gasteiger partial charge in [0.1, 0.15) is 6.61 Å². The third-order valence-electron chi connectivity index (χ3n) is 3.10. The van der Waals surface area contributed by atoms with Crippen molar-refractivity contribution in [1.29, 1.82) is 0 Å². The lowest BCUT2D eigenvalue weighted by Crippen LogP contribution is -2.24. The van der Waals surface area contributed by atoms with E-state index in [1.807, 2.05) is 52.0 Å². The van der Waals surface area contributed by atoms with Crippen LogP contribution >= 0.6 is 0 Å². The van der Waals surface area contributed by atoms with E-state index >= 15 is 0 Å². The van der Waals surface area contributed by atoms with Gasteiger partial charge in [0.2, 0.25) is 0 Å². The summed E-state index contributed by atoms with van der Waals surface area (Å²) in [6.07, 6.45) is 0.768. The standard InChI is InChI=1S/C16H20O3/c1-5-12-13-9-7-6-8-11(13)10-18-14(12)19-15(17)16(2,3)4/h6-9H,5,10H2,1-4H3. The fourth-order valence-electron chi connectivity index (χ4n) is 1.94. The average molecular weight is 260 g/mol. The second-order valence-corrected chi connectivity index (χ2v) is 5.70. The Bertz CT molecular complexity index is 521. The van der Waals surface area contributed by atoms with Crippen LogP contribution in [0.3, 0.4) is 0 Å². The summed E-state index contributed by atoms with van der Waals surface area (Å²) in [5, 5.41) is 0. The number of benzene rings is 1. The first-order chi connectivity index (χ1) is 8.93. The van der Waals surface area contributed by atoms with Crippen molar-refractivity contribution in [3.05, 3.63) is 41.3 Å². The molecule has 0 N–H and O–H groups in total. The number of carbonyl (C=O) groups excluding carboxylic acids is 1. The van der Waals surface area contributed by atoms with Crippen molar-refractivity contribution in [3.8, 4) is 0 Å². The van der Waals surface area contributed by atoms with Crippen molar-refractivity contribution in [2.75, 3.05) is 0 Å². The topological polar surface area (TPSA) is 35.5 Å². The summed E-state index contributed by atoms with van der Waals surface area (Å²) >= 11 is 0. The highest BCUT2D eigenvalue weighted by atomic mass is 16.7. The lowest BCUT2D eigenvalue weighted by atomic mass is 9.96. The number of hydrogen-bond acceptors (Lipinski definition) is 3. The quantitative estimate of drug-likeness (QED) is 0.757. The summed E-state index contributed by atoms with van der Waals surface area (Å²) in [4.78, 5) is 12.0. The molecule has 1 aliphatic heterocycles. The van der Waals surface area contributed by atoms with Gasteiger partial charge < -0.3 is 9.47 Å². The molecule has 0 radical (unpaired) electrons. The van der Waals surface area contributed by atoms with Crippen molar-refractivity contribution < 1.29 is 14.3 Å². The first kappa shape index (κ1) is 13.7. The Morgan fingerprint density at radius 3 is 2.63 bits per heavy atom. The van der Waals surface area contributed by atoms with Gasteiger partial charge in [0.25, 0.3) is 5.95 Å². The maximum atomic E-state index is 12.0. The van der Waals surface area contributed by atoms with Crippen molar-refractivity contribution in [2.45, 2.75) is 40.7 Å². The molecule has 0 fully saturated rings. The van der Waals surface area contributed by atoms with Gasteiger partial charge in [-0.1, -0.05) is 31.2 Å².